The first-order valence-corrected chi connectivity index (χ1v) is 6.90. The summed E-state index contributed by atoms with van der Waals surface area (Å²) in [5.74, 6) is 0.921. The van der Waals surface area contributed by atoms with Gasteiger partial charge in [-0.05, 0) is 31.2 Å². The van der Waals surface area contributed by atoms with Crippen LogP contribution < -0.4 is 10.2 Å². The Morgan fingerprint density at radius 1 is 1.63 bits per heavy atom. The fourth-order valence-corrected chi connectivity index (χ4v) is 2.39. The van der Waals surface area contributed by atoms with Gasteiger partial charge in [0.15, 0.2) is 0 Å². The van der Waals surface area contributed by atoms with Gasteiger partial charge in [-0.15, -0.1) is 0 Å². The zero-order valence-corrected chi connectivity index (χ0v) is 11.7. The van der Waals surface area contributed by atoms with E-state index in [4.69, 9.17) is 4.74 Å². The lowest BCUT2D eigenvalue weighted by Gasteiger charge is -2.35. The van der Waals surface area contributed by atoms with Gasteiger partial charge >= 0.3 is 0 Å². The highest BCUT2D eigenvalue weighted by Crippen LogP contribution is 2.21. The second-order valence-corrected chi connectivity index (χ2v) is 4.83. The molecule has 0 aliphatic carbocycles. The van der Waals surface area contributed by atoms with Crippen molar-refractivity contribution in [2.24, 2.45) is 0 Å². The predicted molar refractivity (Wildman–Crippen MR) is 75.4 cm³/mol. The van der Waals surface area contributed by atoms with Crippen LogP contribution >= 0.6 is 0 Å². The summed E-state index contributed by atoms with van der Waals surface area (Å²) in [6, 6.07) is 4.44. The number of aliphatic hydroxyl groups excluding tert-OH is 1. The standard InChI is InChI=1S/C14H23N3O2/c1-3-15-11(2)12-4-5-16-14(8-12)17-6-7-19-10-13(17)9-18/h4-5,8,11,13,15,18H,3,6-7,9-10H2,1-2H3. The van der Waals surface area contributed by atoms with Gasteiger partial charge in [0.25, 0.3) is 0 Å². The van der Waals surface area contributed by atoms with Crippen LogP contribution in [0.3, 0.4) is 0 Å². The van der Waals surface area contributed by atoms with Crippen LogP contribution in [0.2, 0.25) is 0 Å². The molecule has 106 valence electrons. The summed E-state index contributed by atoms with van der Waals surface area (Å²) in [7, 11) is 0. The molecule has 0 spiro atoms. The molecule has 2 heterocycles. The van der Waals surface area contributed by atoms with E-state index >= 15 is 0 Å². The van der Waals surface area contributed by atoms with Crippen LogP contribution in [0, 0.1) is 0 Å². The fraction of sp³-hybridized carbons (Fsp3) is 0.643. The summed E-state index contributed by atoms with van der Waals surface area (Å²) in [6.45, 7) is 7.30. The number of morpholine rings is 1. The summed E-state index contributed by atoms with van der Waals surface area (Å²) >= 11 is 0. The quantitative estimate of drug-likeness (QED) is 0.830. The second-order valence-electron chi connectivity index (χ2n) is 4.83. The number of ether oxygens (including phenoxy) is 1. The minimum absolute atomic E-state index is 0.00550. The average molecular weight is 265 g/mol. The van der Waals surface area contributed by atoms with Crippen molar-refractivity contribution in [3.63, 3.8) is 0 Å². The maximum absolute atomic E-state index is 9.42. The van der Waals surface area contributed by atoms with E-state index in [2.05, 4.69) is 35.1 Å². The third-order valence-electron chi connectivity index (χ3n) is 3.51. The molecule has 19 heavy (non-hydrogen) atoms. The van der Waals surface area contributed by atoms with Crippen molar-refractivity contribution in [1.29, 1.82) is 0 Å². The Balaban J connectivity index is 2.17. The van der Waals surface area contributed by atoms with Crippen LogP contribution in [0.4, 0.5) is 5.82 Å². The number of rotatable bonds is 5. The molecule has 0 saturated carbocycles. The molecule has 1 fully saturated rings. The Hall–Kier alpha value is -1.17. The summed E-state index contributed by atoms with van der Waals surface area (Å²) in [5.41, 5.74) is 1.22. The molecule has 1 aliphatic heterocycles. The van der Waals surface area contributed by atoms with Crippen LogP contribution in [0.15, 0.2) is 18.3 Å². The SMILES string of the molecule is CCNC(C)c1ccnc(N2CCOCC2CO)c1. The van der Waals surface area contributed by atoms with Crippen molar-refractivity contribution < 1.29 is 9.84 Å². The summed E-state index contributed by atoms with van der Waals surface area (Å²) in [4.78, 5) is 6.57. The zero-order chi connectivity index (χ0) is 13.7. The van der Waals surface area contributed by atoms with Crippen LogP contribution in [0.5, 0.6) is 0 Å². The monoisotopic (exact) mass is 265 g/mol. The number of aliphatic hydroxyl groups is 1. The molecule has 1 aliphatic rings. The molecule has 5 heteroatoms. The molecule has 5 nitrogen and oxygen atoms in total. The van der Waals surface area contributed by atoms with Gasteiger partial charge < -0.3 is 20.1 Å². The third-order valence-corrected chi connectivity index (χ3v) is 3.51. The molecular weight excluding hydrogens is 242 g/mol. The highest BCUT2D eigenvalue weighted by atomic mass is 16.5. The lowest BCUT2D eigenvalue weighted by molar-refractivity contribution is 0.0723. The lowest BCUT2D eigenvalue weighted by atomic mass is 10.1. The van der Waals surface area contributed by atoms with Gasteiger partial charge in [0.2, 0.25) is 0 Å². The molecule has 0 aromatic carbocycles. The Kier molecular flexibility index (Phi) is 5.13. The maximum Gasteiger partial charge on any atom is 0.129 e. The smallest absolute Gasteiger partial charge is 0.129 e. The Bertz CT molecular complexity index is 400. The summed E-state index contributed by atoms with van der Waals surface area (Å²) in [6.07, 6.45) is 1.84. The number of hydrogen-bond acceptors (Lipinski definition) is 5. The molecule has 2 atom stereocenters. The van der Waals surface area contributed by atoms with Gasteiger partial charge in [-0.25, -0.2) is 4.98 Å². The molecule has 1 aromatic heterocycles. The molecule has 2 rings (SSSR count). The highest BCUT2D eigenvalue weighted by Gasteiger charge is 2.23. The Morgan fingerprint density at radius 3 is 3.21 bits per heavy atom. The Labute approximate surface area is 114 Å². The van der Waals surface area contributed by atoms with E-state index in [0.29, 0.717) is 19.3 Å². The molecule has 1 aromatic rings. The lowest BCUT2D eigenvalue weighted by Crippen LogP contribution is -2.48. The van der Waals surface area contributed by atoms with Crippen molar-refractivity contribution in [2.45, 2.75) is 25.9 Å². The molecule has 1 saturated heterocycles. The van der Waals surface area contributed by atoms with Gasteiger partial charge in [0.1, 0.15) is 5.82 Å². The van der Waals surface area contributed by atoms with Crippen molar-refractivity contribution in [3.8, 4) is 0 Å². The highest BCUT2D eigenvalue weighted by molar-refractivity contribution is 5.43. The van der Waals surface area contributed by atoms with Crippen LogP contribution in [-0.2, 0) is 4.74 Å². The number of anilines is 1. The first-order chi connectivity index (χ1) is 9.26. The topological polar surface area (TPSA) is 57.6 Å². The number of nitrogens with one attached hydrogen (secondary N) is 1. The molecule has 0 bridgehead atoms. The molecule has 0 radical (unpaired) electrons. The predicted octanol–water partition coefficient (Wildman–Crippen LogP) is 0.950. The van der Waals surface area contributed by atoms with Crippen LogP contribution in [-0.4, -0.2) is 49.0 Å². The van der Waals surface area contributed by atoms with E-state index < -0.39 is 0 Å². The zero-order valence-electron chi connectivity index (χ0n) is 11.7. The minimum Gasteiger partial charge on any atom is -0.394 e. The van der Waals surface area contributed by atoms with E-state index in [1.165, 1.54) is 5.56 Å². The van der Waals surface area contributed by atoms with Gasteiger partial charge in [-0.2, -0.15) is 0 Å². The minimum atomic E-state index is 0.00550. The van der Waals surface area contributed by atoms with Gasteiger partial charge in [0.05, 0.1) is 25.9 Å². The third kappa shape index (κ3) is 3.43. The van der Waals surface area contributed by atoms with E-state index in [-0.39, 0.29) is 12.6 Å². The van der Waals surface area contributed by atoms with Crippen LogP contribution in [0.1, 0.15) is 25.5 Å². The number of aromatic nitrogens is 1. The van der Waals surface area contributed by atoms with Crippen molar-refractivity contribution in [3.05, 3.63) is 23.9 Å². The van der Waals surface area contributed by atoms with Crippen molar-refractivity contribution in [1.82, 2.24) is 10.3 Å². The van der Waals surface area contributed by atoms with Crippen molar-refractivity contribution in [2.75, 3.05) is 37.8 Å². The van der Waals surface area contributed by atoms with Gasteiger partial charge in [-0.3, -0.25) is 0 Å². The van der Waals surface area contributed by atoms with Gasteiger partial charge in [-0.1, -0.05) is 6.92 Å². The average Bonchev–Trinajstić information content (AvgIpc) is 2.47. The first-order valence-electron chi connectivity index (χ1n) is 6.90. The fourth-order valence-electron chi connectivity index (χ4n) is 2.39. The largest absolute Gasteiger partial charge is 0.394 e. The number of hydrogen-bond donors (Lipinski definition) is 2. The summed E-state index contributed by atoms with van der Waals surface area (Å²) < 4.78 is 5.40. The van der Waals surface area contributed by atoms with Gasteiger partial charge in [0, 0.05) is 18.8 Å². The molecular formula is C14H23N3O2. The second kappa shape index (κ2) is 6.84. The Morgan fingerprint density at radius 2 is 2.47 bits per heavy atom. The molecule has 2 unspecified atom stereocenters. The number of nitrogens with zero attached hydrogens (tertiary/aromatic N) is 2. The number of pyridine rings is 1. The molecule has 0 amide bonds. The van der Waals surface area contributed by atoms with Crippen LogP contribution in [0.25, 0.3) is 0 Å². The van der Waals surface area contributed by atoms with E-state index in [1.54, 1.807) is 0 Å². The van der Waals surface area contributed by atoms with E-state index in [1.807, 2.05) is 12.3 Å². The van der Waals surface area contributed by atoms with E-state index in [9.17, 15) is 5.11 Å². The first kappa shape index (κ1) is 14.2. The molecule has 2 N–H and O–H groups in total. The maximum atomic E-state index is 9.42. The van der Waals surface area contributed by atoms with E-state index in [0.717, 1.165) is 18.9 Å². The van der Waals surface area contributed by atoms with Crippen molar-refractivity contribution >= 4 is 5.82 Å². The normalized spacial score (nSPS) is 21.4. The summed E-state index contributed by atoms with van der Waals surface area (Å²) in [5, 5.41) is 12.8.